The fraction of sp³-hybridized carbons (Fsp3) is 0.130. The Kier molecular flexibility index (Phi) is 8.98. The van der Waals surface area contributed by atoms with E-state index >= 15 is 0 Å². The van der Waals surface area contributed by atoms with E-state index in [-0.39, 0.29) is 21.5 Å². The van der Waals surface area contributed by atoms with Crippen molar-refractivity contribution in [1.82, 2.24) is 9.73 Å². The van der Waals surface area contributed by atoms with Crippen molar-refractivity contribution in [3.8, 4) is 0 Å². The van der Waals surface area contributed by atoms with Gasteiger partial charge in [0.2, 0.25) is 10.0 Å². The van der Waals surface area contributed by atoms with E-state index in [4.69, 9.17) is 46.4 Å². The number of nitrogens with one attached hydrogen (secondary N) is 1. The number of benzene rings is 3. The predicted octanol–water partition coefficient (Wildman–Crippen LogP) is 5.95. The maximum absolute atomic E-state index is 13.4. The molecule has 0 aliphatic carbocycles. The average molecular weight is 559 g/mol. The summed E-state index contributed by atoms with van der Waals surface area (Å²) in [5.74, 6) is -0.657. The molecule has 11 heteroatoms. The topological polar surface area (TPSA) is 78.8 Å². The lowest BCUT2D eigenvalue weighted by Crippen LogP contribution is -2.39. The van der Waals surface area contributed by atoms with Crippen LogP contribution in [0.2, 0.25) is 20.1 Å². The summed E-state index contributed by atoms with van der Waals surface area (Å²) in [6.45, 7) is 1.12. The zero-order chi connectivity index (χ0) is 24.9. The van der Waals surface area contributed by atoms with Gasteiger partial charge in [-0.05, 0) is 48.9 Å². The smallest absolute Gasteiger partial charge is 0.255 e. The van der Waals surface area contributed by atoms with E-state index in [0.29, 0.717) is 21.2 Å². The first kappa shape index (κ1) is 26.5. The molecule has 0 spiro atoms. The molecule has 0 fully saturated rings. The highest BCUT2D eigenvalue weighted by Gasteiger charge is 2.28. The van der Waals surface area contributed by atoms with E-state index in [0.717, 1.165) is 9.87 Å². The van der Waals surface area contributed by atoms with Crippen molar-refractivity contribution in [2.24, 2.45) is 5.10 Å². The number of carbonyl (C=O) groups is 1. The number of hydrogen-bond acceptors (Lipinski definition) is 4. The number of hydrogen-bond donors (Lipinski definition) is 1. The van der Waals surface area contributed by atoms with Gasteiger partial charge in [-0.2, -0.15) is 9.41 Å². The molecule has 0 saturated heterocycles. The van der Waals surface area contributed by atoms with Crippen LogP contribution in [0.1, 0.15) is 16.7 Å². The highest BCUT2D eigenvalue weighted by molar-refractivity contribution is 7.89. The molecule has 3 rings (SSSR count). The van der Waals surface area contributed by atoms with Gasteiger partial charge in [0.15, 0.2) is 0 Å². The van der Waals surface area contributed by atoms with Gasteiger partial charge in [0, 0.05) is 22.2 Å². The number of hydrazone groups is 1. The van der Waals surface area contributed by atoms with E-state index < -0.39 is 22.5 Å². The van der Waals surface area contributed by atoms with Gasteiger partial charge in [0.1, 0.15) is 0 Å². The van der Waals surface area contributed by atoms with Crippen LogP contribution in [-0.2, 0) is 21.4 Å². The van der Waals surface area contributed by atoms with Crippen LogP contribution in [0.15, 0.2) is 70.7 Å². The van der Waals surface area contributed by atoms with Crippen molar-refractivity contribution in [3.63, 3.8) is 0 Å². The molecular weight excluding hydrogens is 540 g/mol. The third-order valence-electron chi connectivity index (χ3n) is 4.72. The molecule has 0 unspecified atom stereocenters. The molecule has 0 aliphatic heterocycles. The SMILES string of the molecule is Cc1ccc(S(=O)(=O)N(CC(=O)N/N=C\c2ccc(Cl)c(Cl)c2)Cc2c(Cl)cccc2Cl)cc1. The lowest BCUT2D eigenvalue weighted by atomic mass is 10.2. The largest absolute Gasteiger partial charge is 0.272 e. The maximum Gasteiger partial charge on any atom is 0.255 e. The molecule has 3 aromatic rings. The molecule has 6 nitrogen and oxygen atoms in total. The van der Waals surface area contributed by atoms with Gasteiger partial charge >= 0.3 is 0 Å². The average Bonchev–Trinajstić information content (AvgIpc) is 2.78. The van der Waals surface area contributed by atoms with Crippen LogP contribution in [0.3, 0.4) is 0 Å². The number of rotatable bonds is 8. The summed E-state index contributed by atoms with van der Waals surface area (Å²) < 4.78 is 27.7. The molecule has 0 aliphatic rings. The van der Waals surface area contributed by atoms with Crippen molar-refractivity contribution in [2.45, 2.75) is 18.4 Å². The van der Waals surface area contributed by atoms with Crippen LogP contribution in [0, 0.1) is 6.92 Å². The van der Waals surface area contributed by atoms with Crippen LogP contribution in [0.25, 0.3) is 0 Å². The molecule has 0 saturated carbocycles. The van der Waals surface area contributed by atoms with Crippen molar-refractivity contribution < 1.29 is 13.2 Å². The zero-order valence-electron chi connectivity index (χ0n) is 17.8. The number of sulfonamides is 1. The second kappa shape index (κ2) is 11.5. The van der Waals surface area contributed by atoms with E-state index in [1.807, 2.05) is 6.92 Å². The standard InChI is InChI=1S/C23H19Cl4N3O3S/c1-15-5-8-17(9-6-15)34(32,33)30(13-18-19(24)3-2-4-20(18)25)14-23(31)29-28-12-16-7-10-21(26)22(27)11-16/h2-12H,13-14H2,1H3,(H,29,31)/b28-12-. The van der Waals surface area contributed by atoms with E-state index in [1.165, 1.54) is 18.3 Å². The normalized spacial score (nSPS) is 11.8. The summed E-state index contributed by atoms with van der Waals surface area (Å²) in [7, 11) is -4.06. The van der Waals surface area contributed by atoms with Crippen molar-refractivity contribution in [3.05, 3.63) is 97.4 Å². The zero-order valence-corrected chi connectivity index (χ0v) is 21.6. The van der Waals surface area contributed by atoms with E-state index in [2.05, 4.69) is 10.5 Å². The molecule has 1 amide bonds. The molecule has 0 heterocycles. The third kappa shape index (κ3) is 6.72. The van der Waals surface area contributed by atoms with Gasteiger partial charge in [-0.1, -0.05) is 76.2 Å². The first-order valence-electron chi connectivity index (χ1n) is 9.84. The molecule has 0 atom stereocenters. The number of nitrogens with zero attached hydrogens (tertiary/aromatic N) is 2. The minimum Gasteiger partial charge on any atom is -0.272 e. The Morgan fingerprint density at radius 2 is 1.59 bits per heavy atom. The number of amides is 1. The van der Waals surface area contributed by atoms with E-state index in [1.54, 1.807) is 48.5 Å². The fourth-order valence-corrected chi connectivity index (χ4v) is 5.10. The third-order valence-corrected chi connectivity index (χ3v) is 7.97. The Hall–Kier alpha value is -2.13. The van der Waals surface area contributed by atoms with Crippen LogP contribution in [0.5, 0.6) is 0 Å². The first-order chi connectivity index (χ1) is 16.1. The Bertz CT molecular complexity index is 1310. The lowest BCUT2D eigenvalue weighted by molar-refractivity contribution is -0.121. The molecule has 3 aromatic carbocycles. The van der Waals surface area contributed by atoms with Crippen LogP contribution >= 0.6 is 46.4 Å². The van der Waals surface area contributed by atoms with Crippen LogP contribution in [0.4, 0.5) is 0 Å². The Balaban J connectivity index is 1.84. The highest BCUT2D eigenvalue weighted by atomic mass is 35.5. The number of aryl methyl sites for hydroxylation is 1. The van der Waals surface area contributed by atoms with Crippen molar-refractivity contribution >= 4 is 68.5 Å². The van der Waals surface area contributed by atoms with Gasteiger partial charge in [-0.15, -0.1) is 0 Å². The van der Waals surface area contributed by atoms with Gasteiger partial charge < -0.3 is 0 Å². The molecule has 34 heavy (non-hydrogen) atoms. The molecule has 0 aromatic heterocycles. The Morgan fingerprint density at radius 3 is 2.21 bits per heavy atom. The predicted molar refractivity (Wildman–Crippen MR) is 137 cm³/mol. The molecule has 178 valence electrons. The number of carbonyl (C=O) groups excluding carboxylic acids is 1. The highest BCUT2D eigenvalue weighted by Crippen LogP contribution is 2.28. The Morgan fingerprint density at radius 1 is 0.941 bits per heavy atom. The quantitative estimate of drug-likeness (QED) is 0.274. The summed E-state index contributed by atoms with van der Waals surface area (Å²) in [6, 6.07) is 16.0. The summed E-state index contributed by atoms with van der Waals surface area (Å²) >= 11 is 24.4. The summed E-state index contributed by atoms with van der Waals surface area (Å²) in [5.41, 5.74) is 4.20. The van der Waals surface area contributed by atoms with Crippen LogP contribution < -0.4 is 5.43 Å². The van der Waals surface area contributed by atoms with E-state index in [9.17, 15) is 13.2 Å². The lowest BCUT2D eigenvalue weighted by Gasteiger charge is -2.22. The molecule has 0 bridgehead atoms. The number of halogens is 4. The van der Waals surface area contributed by atoms with Gasteiger partial charge in [-0.3, -0.25) is 4.79 Å². The second-order valence-corrected chi connectivity index (χ2v) is 10.8. The fourth-order valence-electron chi connectivity index (χ4n) is 2.91. The molecule has 0 radical (unpaired) electrons. The first-order valence-corrected chi connectivity index (χ1v) is 12.8. The second-order valence-electron chi connectivity index (χ2n) is 7.25. The minimum absolute atomic E-state index is 0.0355. The van der Waals surface area contributed by atoms with Crippen molar-refractivity contribution in [1.29, 1.82) is 0 Å². The van der Waals surface area contributed by atoms with Crippen LogP contribution in [-0.4, -0.2) is 31.4 Å². The summed E-state index contributed by atoms with van der Waals surface area (Å²) in [6.07, 6.45) is 1.36. The summed E-state index contributed by atoms with van der Waals surface area (Å²) in [4.78, 5) is 12.6. The monoisotopic (exact) mass is 557 g/mol. The Labute approximate surface area is 218 Å². The maximum atomic E-state index is 13.4. The molecule has 1 N–H and O–H groups in total. The van der Waals surface area contributed by atoms with Crippen molar-refractivity contribution in [2.75, 3.05) is 6.54 Å². The van der Waals surface area contributed by atoms with Gasteiger partial charge in [-0.25, -0.2) is 13.8 Å². The minimum atomic E-state index is -4.06. The van der Waals surface area contributed by atoms with Gasteiger partial charge in [0.05, 0.1) is 27.7 Å². The van der Waals surface area contributed by atoms with Gasteiger partial charge in [0.25, 0.3) is 5.91 Å². The summed E-state index contributed by atoms with van der Waals surface area (Å²) in [5, 5.41) is 5.17. The molecular formula is C23H19Cl4N3O3S.